The molecule has 1 heterocycles. The van der Waals surface area contributed by atoms with E-state index in [2.05, 4.69) is 5.32 Å². The second kappa shape index (κ2) is 10.0. The van der Waals surface area contributed by atoms with E-state index in [4.69, 9.17) is 9.47 Å². The zero-order chi connectivity index (χ0) is 20.7. The van der Waals surface area contributed by atoms with Crippen molar-refractivity contribution in [1.82, 2.24) is 0 Å². The van der Waals surface area contributed by atoms with Crippen molar-refractivity contribution in [2.24, 2.45) is 0 Å². The van der Waals surface area contributed by atoms with Gasteiger partial charge in [-0.15, -0.1) is 0 Å². The van der Waals surface area contributed by atoms with Crippen LogP contribution in [0, 0.1) is 0 Å². The average molecular weight is 436 g/mol. The first kappa shape index (κ1) is 21.5. The van der Waals surface area contributed by atoms with Crippen LogP contribution in [0.25, 0.3) is 0 Å². The average Bonchev–Trinajstić information content (AvgIpc) is 2.69. The molecule has 0 unspecified atom stereocenters. The Kier molecular flexibility index (Phi) is 7.44. The first-order valence-electron chi connectivity index (χ1n) is 9.63. The molecule has 3 rings (SSSR count). The Morgan fingerprint density at radius 1 is 1.07 bits per heavy atom. The molecule has 156 valence electrons. The van der Waals surface area contributed by atoms with Gasteiger partial charge in [0.25, 0.3) is 0 Å². The van der Waals surface area contributed by atoms with Crippen molar-refractivity contribution >= 4 is 33.2 Å². The number of anilines is 1. The van der Waals surface area contributed by atoms with Crippen molar-refractivity contribution < 1.29 is 22.7 Å². The van der Waals surface area contributed by atoms with Crippen molar-refractivity contribution in [1.29, 1.82) is 0 Å². The fraction of sp³-hybridized carbons (Fsp3) is 0.381. The topological polar surface area (TPSA) is 81.7 Å². The van der Waals surface area contributed by atoms with E-state index in [0.717, 1.165) is 22.6 Å². The Labute approximate surface area is 175 Å². The number of hydrogen-bond donors (Lipinski definition) is 1. The quantitative estimate of drug-likeness (QED) is 0.596. The lowest BCUT2D eigenvalue weighted by atomic mass is 10.2. The fourth-order valence-corrected chi connectivity index (χ4v) is 5.09. The normalized spacial score (nSPS) is 13.1. The number of nitrogens with one attached hydrogen (secondary N) is 1. The first-order chi connectivity index (χ1) is 14.0. The first-order valence-corrected chi connectivity index (χ1v) is 12.3. The summed E-state index contributed by atoms with van der Waals surface area (Å²) in [5.41, 5.74) is 0.511. The number of rotatable bonds is 9. The maximum atomic E-state index is 12.5. The number of fused-ring (bicyclic) bond motifs is 1. The molecule has 8 heteroatoms. The van der Waals surface area contributed by atoms with Gasteiger partial charge in [0.2, 0.25) is 5.91 Å². The van der Waals surface area contributed by atoms with Gasteiger partial charge in [-0.25, -0.2) is 8.42 Å². The van der Waals surface area contributed by atoms with E-state index in [0.29, 0.717) is 36.8 Å². The molecule has 0 fully saturated rings. The van der Waals surface area contributed by atoms with E-state index in [1.54, 1.807) is 6.07 Å². The smallest absolute Gasteiger partial charge is 0.239 e. The minimum Gasteiger partial charge on any atom is -0.486 e. The zero-order valence-corrected chi connectivity index (χ0v) is 18.0. The molecule has 6 nitrogen and oxygen atoms in total. The van der Waals surface area contributed by atoms with Gasteiger partial charge in [0.1, 0.15) is 19.0 Å². The molecule has 0 saturated carbocycles. The molecular formula is C21H25NO5S2. The predicted octanol–water partition coefficient (Wildman–Crippen LogP) is 4.15. The summed E-state index contributed by atoms with van der Waals surface area (Å²) in [7, 11) is -3.44. The van der Waals surface area contributed by atoms with Crippen molar-refractivity contribution in [3.05, 3.63) is 42.5 Å². The summed E-state index contributed by atoms with van der Waals surface area (Å²) < 4.78 is 35.7. The third-order valence-electron chi connectivity index (χ3n) is 4.30. The van der Waals surface area contributed by atoms with Gasteiger partial charge in [-0.1, -0.05) is 49.7 Å². The van der Waals surface area contributed by atoms with Crippen molar-refractivity contribution in [3.8, 4) is 11.5 Å². The molecular weight excluding hydrogens is 410 g/mol. The van der Waals surface area contributed by atoms with E-state index in [-0.39, 0.29) is 5.75 Å². The van der Waals surface area contributed by atoms with Crippen LogP contribution in [0.1, 0.15) is 26.2 Å². The maximum Gasteiger partial charge on any atom is 0.239 e. The van der Waals surface area contributed by atoms with Gasteiger partial charge in [-0.3, -0.25) is 4.79 Å². The Morgan fingerprint density at radius 2 is 1.76 bits per heavy atom. The van der Waals surface area contributed by atoms with E-state index in [9.17, 15) is 13.2 Å². The molecule has 0 aromatic heterocycles. The molecule has 2 aromatic carbocycles. The van der Waals surface area contributed by atoms with Crippen molar-refractivity contribution in [3.63, 3.8) is 0 Å². The third-order valence-corrected chi connectivity index (χ3v) is 6.98. The summed E-state index contributed by atoms with van der Waals surface area (Å²) in [4.78, 5) is 14.2. The number of sulfone groups is 1. The lowest BCUT2D eigenvalue weighted by Gasteiger charge is -2.21. The number of unbranched alkanes of at least 4 members (excludes halogenated alkanes) is 2. The van der Waals surface area contributed by atoms with Crippen LogP contribution in [0.15, 0.2) is 52.3 Å². The van der Waals surface area contributed by atoms with E-state index in [1.165, 1.54) is 11.8 Å². The SMILES string of the molecule is CCCCCS(=O)(=O)CC(=O)Nc1cc2c(cc1Sc1ccccc1)OCCO2. The van der Waals surface area contributed by atoms with Gasteiger partial charge in [0.05, 0.1) is 11.4 Å². The van der Waals surface area contributed by atoms with Gasteiger partial charge in [-0.05, 0) is 18.6 Å². The van der Waals surface area contributed by atoms with Crippen LogP contribution in [-0.4, -0.2) is 39.0 Å². The highest BCUT2D eigenvalue weighted by Gasteiger charge is 2.21. The number of amides is 1. The van der Waals surface area contributed by atoms with E-state index in [1.807, 2.05) is 43.3 Å². The summed E-state index contributed by atoms with van der Waals surface area (Å²) in [6.07, 6.45) is 2.34. The molecule has 0 bridgehead atoms. The van der Waals surface area contributed by atoms with Crippen LogP contribution in [0.3, 0.4) is 0 Å². The molecule has 2 aromatic rings. The van der Waals surface area contributed by atoms with Gasteiger partial charge in [0.15, 0.2) is 21.3 Å². The summed E-state index contributed by atoms with van der Waals surface area (Å²) in [5.74, 6) is 0.101. The molecule has 0 spiro atoms. The van der Waals surface area contributed by atoms with E-state index < -0.39 is 21.5 Å². The zero-order valence-electron chi connectivity index (χ0n) is 16.3. The van der Waals surface area contributed by atoms with Crippen LogP contribution in [0.2, 0.25) is 0 Å². The summed E-state index contributed by atoms with van der Waals surface area (Å²) in [6, 6.07) is 13.2. The van der Waals surface area contributed by atoms with Gasteiger partial charge in [-0.2, -0.15) is 0 Å². The highest BCUT2D eigenvalue weighted by Crippen LogP contribution is 2.42. The van der Waals surface area contributed by atoms with Crippen LogP contribution in [0.5, 0.6) is 11.5 Å². The molecule has 0 saturated heterocycles. The van der Waals surface area contributed by atoms with E-state index >= 15 is 0 Å². The number of hydrogen-bond acceptors (Lipinski definition) is 6. The summed E-state index contributed by atoms with van der Waals surface area (Å²) in [6.45, 7) is 2.90. The molecule has 1 N–H and O–H groups in total. The number of benzene rings is 2. The third kappa shape index (κ3) is 6.40. The second-order valence-electron chi connectivity index (χ2n) is 6.75. The minimum atomic E-state index is -3.44. The highest BCUT2D eigenvalue weighted by atomic mass is 32.2. The minimum absolute atomic E-state index is 0.0288. The van der Waals surface area contributed by atoms with Crippen LogP contribution in [0.4, 0.5) is 5.69 Å². The molecule has 1 aliphatic heterocycles. The van der Waals surface area contributed by atoms with Gasteiger partial charge >= 0.3 is 0 Å². The summed E-state index contributed by atoms with van der Waals surface area (Å²) >= 11 is 1.46. The van der Waals surface area contributed by atoms with Gasteiger partial charge in [0, 0.05) is 21.9 Å². The number of carbonyl (C=O) groups is 1. The Morgan fingerprint density at radius 3 is 2.45 bits per heavy atom. The van der Waals surface area contributed by atoms with Crippen molar-refractivity contribution in [2.45, 2.75) is 36.0 Å². The molecule has 0 aliphatic carbocycles. The molecule has 1 amide bonds. The number of carbonyl (C=O) groups excluding carboxylic acids is 1. The largest absolute Gasteiger partial charge is 0.486 e. The fourth-order valence-electron chi connectivity index (χ4n) is 2.90. The molecule has 0 atom stereocenters. The van der Waals surface area contributed by atoms with Crippen molar-refractivity contribution in [2.75, 3.05) is 30.0 Å². The van der Waals surface area contributed by atoms with Gasteiger partial charge < -0.3 is 14.8 Å². The standard InChI is InChI=1S/C21H25NO5S2/c1-2-3-7-12-29(24,25)15-21(23)22-17-13-18-19(27-11-10-26-18)14-20(17)28-16-8-5-4-6-9-16/h4-6,8-9,13-14H,2-3,7,10-12,15H2,1H3,(H,22,23). The maximum absolute atomic E-state index is 12.5. The van der Waals surface area contributed by atoms with Crippen LogP contribution in [-0.2, 0) is 14.6 Å². The number of ether oxygens (including phenoxy) is 2. The second-order valence-corrected chi connectivity index (χ2v) is 10.1. The predicted molar refractivity (Wildman–Crippen MR) is 115 cm³/mol. The molecule has 29 heavy (non-hydrogen) atoms. The molecule has 0 radical (unpaired) electrons. The monoisotopic (exact) mass is 435 g/mol. The Balaban J connectivity index is 1.78. The highest BCUT2D eigenvalue weighted by molar-refractivity contribution is 7.99. The Bertz CT molecular complexity index is 945. The van der Waals surface area contributed by atoms with Crippen LogP contribution < -0.4 is 14.8 Å². The summed E-state index contributed by atoms with van der Waals surface area (Å²) in [5, 5.41) is 2.75. The van der Waals surface area contributed by atoms with Crippen LogP contribution >= 0.6 is 11.8 Å². The Hall–Kier alpha value is -2.19. The molecule has 1 aliphatic rings. The lowest BCUT2D eigenvalue weighted by Crippen LogP contribution is -2.25. The lowest BCUT2D eigenvalue weighted by molar-refractivity contribution is -0.113.